The van der Waals surface area contributed by atoms with Gasteiger partial charge in [-0.1, -0.05) is 42.5 Å². The van der Waals surface area contributed by atoms with Crippen molar-refractivity contribution in [1.82, 2.24) is 9.80 Å². The van der Waals surface area contributed by atoms with Crippen molar-refractivity contribution in [2.75, 3.05) is 40.1 Å². The molecule has 0 aliphatic carbocycles. The van der Waals surface area contributed by atoms with E-state index in [0.29, 0.717) is 31.9 Å². The number of aliphatic hydroxyl groups excluding tert-OH is 1. The molecule has 9 nitrogen and oxygen atoms in total. The molecule has 1 fully saturated rings. The van der Waals surface area contributed by atoms with Crippen LogP contribution in [-0.4, -0.2) is 67.2 Å². The van der Waals surface area contributed by atoms with Gasteiger partial charge in [0.05, 0.1) is 20.3 Å². The number of piperazine rings is 1. The molecule has 0 spiro atoms. The first kappa shape index (κ1) is 28.1. The van der Waals surface area contributed by atoms with Crippen molar-refractivity contribution in [1.29, 1.82) is 0 Å². The number of nitrogens with zero attached hydrogens (tertiary/aromatic N) is 2. The number of rotatable bonds is 9. The molecule has 3 heterocycles. The Balaban J connectivity index is 1.11. The molecular weight excluding hydrogens is 536 g/mol. The summed E-state index contributed by atoms with van der Waals surface area (Å²) in [5.41, 5.74) is 4.04. The summed E-state index contributed by atoms with van der Waals surface area (Å²) in [6.07, 6.45) is 1.94. The SMILES string of the molecule is COc1ccc([C@H]2C=C(C(=O)N3CCN(Cc4ccc5c(c4)OCO5)CC3)O[C@@H](OCc3ccc(CO)cc3)C2)cc1. The van der Waals surface area contributed by atoms with Crippen molar-refractivity contribution in [2.24, 2.45) is 0 Å². The van der Waals surface area contributed by atoms with E-state index in [2.05, 4.69) is 11.0 Å². The lowest BCUT2D eigenvalue weighted by Gasteiger charge is -2.36. The Morgan fingerprint density at radius 3 is 2.36 bits per heavy atom. The summed E-state index contributed by atoms with van der Waals surface area (Å²) >= 11 is 0. The fourth-order valence-electron chi connectivity index (χ4n) is 5.49. The summed E-state index contributed by atoms with van der Waals surface area (Å²) in [4.78, 5) is 17.9. The van der Waals surface area contributed by atoms with Crippen molar-refractivity contribution in [3.05, 3.63) is 101 Å². The second kappa shape index (κ2) is 12.9. The normalized spacial score (nSPS) is 20.1. The van der Waals surface area contributed by atoms with Crippen LogP contribution in [0.5, 0.6) is 17.2 Å². The van der Waals surface area contributed by atoms with Crippen molar-refractivity contribution < 1.29 is 33.6 Å². The van der Waals surface area contributed by atoms with Gasteiger partial charge in [-0.05, 0) is 52.6 Å². The molecule has 2 atom stereocenters. The van der Waals surface area contributed by atoms with Gasteiger partial charge in [0.1, 0.15) is 5.75 Å². The Morgan fingerprint density at radius 2 is 1.62 bits per heavy atom. The summed E-state index contributed by atoms with van der Waals surface area (Å²) < 4.78 is 28.6. The highest BCUT2D eigenvalue weighted by Crippen LogP contribution is 2.34. The van der Waals surface area contributed by atoms with E-state index >= 15 is 0 Å². The van der Waals surface area contributed by atoms with E-state index in [9.17, 15) is 9.90 Å². The molecule has 0 bridgehead atoms. The Bertz CT molecular complexity index is 1400. The standard InChI is InChI=1S/C33H36N2O7/c1-38-28-9-7-26(8-10-28)27-17-31(42-32(18-27)39-21-24-4-2-23(20-36)3-5-24)33(37)35-14-12-34(13-15-35)19-25-6-11-29-30(16-25)41-22-40-29/h2-11,16-17,27,32,36H,12-15,18-22H2,1H3/t27-,32+/m0/s1. The number of carbonyl (C=O) groups excluding carboxylic acids is 1. The molecule has 0 radical (unpaired) electrons. The third-order valence-electron chi connectivity index (χ3n) is 7.96. The van der Waals surface area contributed by atoms with Gasteiger partial charge in [0.2, 0.25) is 13.1 Å². The molecular formula is C33H36N2O7. The summed E-state index contributed by atoms with van der Waals surface area (Å²) in [6, 6.07) is 21.6. The Morgan fingerprint density at radius 1 is 0.905 bits per heavy atom. The molecule has 3 aliphatic heterocycles. The fourth-order valence-corrected chi connectivity index (χ4v) is 5.49. The molecule has 1 saturated heterocycles. The van der Waals surface area contributed by atoms with Gasteiger partial charge in [0.25, 0.3) is 5.91 Å². The summed E-state index contributed by atoms with van der Waals surface area (Å²) in [5, 5.41) is 9.32. The zero-order valence-electron chi connectivity index (χ0n) is 23.7. The van der Waals surface area contributed by atoms with Gasteiger partial charge >= 0.3 is 0 Å². The lowest BCUT2D eigenvalue weighted by Crippen LogP contribution is -2.49. The van der Waals surface area contributed by atoms with Gasteiger partial charge in [0.15, 0.2) is 17.3 Å². The van der Waals surface area contributed by atoms with E-state index in [1.54, 1.807) is 7.11 Å². The van der Waals surface area contributed by atoms with Gasteiger partial charge in [-0.3, -0.25) is 9.69 Å². The number of carbonyl (C=O) groups is 1. The number of hydrogen-bond donors (Lipinski definition) is 1. The Hall–Kier alpha value is -4.05. The van der Waals surface area contributed by atoms with Gasteiger partial charge in [0, 0.05) is 45.1 Å². The lowest BCUT2D eigenvalue weighted by molar-refractivity contribution is -0.157. The minimum atomic E-state index is -0.578. The number of benzene rings is 3. The smallest absolute Gasteiger partial charge is 0.288 e. The van der Waals surface area contributed by atoms with Crippen LogP contribution in [0.3, 0.4) is 0 Å². The van der Waals surface area contributed by atoms with Gasteiger partial charge in [-0.15, -0.1) is 0 Å². The van der Waals surface area contributed by atoms with Crippen molar-refractivity contribution in [3.63, 3.8) is 0 Å². The zero-order valence-corrected chi connectivity index (χ0v) is 23.7. The van der Waals surface area contributed by atoms with Crippen LogP contribution in [0.4, 0.5) is 0 Å². The van der Waals surface area contributed by atoms with Crippen LogP contribution in [0.1, 0.15) is 34.6 Å². The summed E-state index contributed by atoms with van der Waals surface area (Å²) in [6.45, 7) is 4.14. The molecule has 0 aromatic heterocycles. The largest absolute Gasteiger partial charge is 0.497 e. The molecule has 9 heteroatoms. The number of hydrogen-bond acceptors (Lipinski definition) is 8. The quantitative estimate of drug-likeness (QED) is 0.408. The average molecular weight is 573 g/mol. The second-order valence-electron chi connectivity index (χ2n) is 10.7. The number of ether oxygens (including phenoxy) is 5. The van der Waals surface area contributed by atoms with Gasteiger partial charge in [-0.25, -0.2) is 0 Å². The average Bonchev–Trinajstić information content (AvgIpc) is 3.52. The van der Waals surface area contributed by atoms with Crippen LogP contribution >= 0.6 is 0 Å². The highest BCUT2D eigenvalue weighted by atomic mass is 16.7. The number of aliphatic hydroxyl groups is 1. The van der Waals surface area contributed by atoms with E-state index < -0.39 is 6.29 Å². The highest BCUT2D eigenvalue weighted by Gasteiger charge is 2.32. The maximum atomic E-state index is 13.7. The third kappa shape index (κ3) is 6.54. The number of allylic oxidation sites excluding steroid dienone is 1. The maximum absolute atomic E-state index is 13.7. The lowest BCUT2D eigenvalue weighted by atomic mass is 9.92. The minimum absolute atomic E-state index is 0.000640. The van der Waals surface area contributed by atoms with Crippen LogP contribution in [0.15, 0.2) is 78.6 Å². The maximum Gasteiger partial charge on any atom is 0.288 e. The second-order valence-corrected chi connectivity index (χ2v) is 10.7. The number of amides is 1. The van der Waals surface area contributed by atoms with E-state index in [1.165, 1.54) is 0 Å². The van der Waals surface area contributed by atoms with Crippen molar-refractivity contribution in [2.45, 2.75) is 38.4 Å². The Labute approximate surface area is 245 Å². The van der Waals surface area contributed by atoms with Crippen LogP contribution in [0.2, 0.25) is 0 Å². The molecule has 1 amide bonds. The number of fused-ring (bicyclic) bond motifs is 1. The minimum Gasteiger partial charge on any atom is -0.497 e. The molecule has 3 aromatic rings. The van der Waals surface area contributed by atoms with E-state index in [-0.39, 0.29) is 25.2 Å². The number of methoxy groups -OCH3 is 1. The van der Waals surface area contributed by atoms with Crippen LogP contribution in [-0.2, 0) is 34.0 Å². The summed E-state index contributed by atoms with van der Waals surface area (Å²) in [7, 11) is 1.64. The first-order valence-corrected chi connectivity index (χ1v) is 14.3. The first-order chi connectivity index (χ1) is 20.6. The van der Waals surface area contributed by atoms with Crippen molar-refractivity contribution >= 4 is 5.91 Å². The van der Waals surface area contributed by atoms with Crippen molar-refractivity contribution in [3.8, 4) is 17.2 Å². The van der Waals surface area contributed by atoms with Crippen LogP contribution in [0.25, 0.3) is 0 Å². The predicted molar refractivity (Wildman–Crippen MR) is 155 cm³/mol. The molecule has 220 valence electrons. The molecule has 3 aromatic carbocycles. The third-order valence-corrected chi connectivity index (χ3v) is 7.96. The van der Waals surface area contributed by atoms with Crippen LogP contribution < -0.4 is 14.2 Å². The molecule has 6 rings (SSSR count). The van der Waals surface area contributed by atoms with E-state index in [1.807, 2.05) is 71.6 Å². The van der Waals surface area contributed by atoms with E-state index in [0.717, 1.165) is 59.1 Å². The summed E-state index contributed by atoms with van der Waals surface area (Å²) in [5.74, 6) is 2.52. The predicted octanol–water partition coefficient (Wildman–Crippen LogP) is 4.19. The molecule has 1 N–H and O–H groups in total. The first-order valence-electron chi connectivity index (χ1n) is 14.3. The fraction of sp³-hybridized carbons (Fsp3) is 0.364. The molecule has 42 heavy (non-hydrogen) atoms. The van der Waals surface area contributed by atoms with Gasteiger partial charge < -0.3 is 33.7 Å². The zero-order chi connectivity index (χ0) is 28.9. The van der Waals surface area contributed by atoms with Crippen LogP contribution in [0, 0.1) is 0 Å². The molecule has 3 aliphatic rings. The molecule has 0 saturated carbocycles. The van der Waals surface area contributed by atoms with Gasteiger partial charge in [-0.2, -0.15) is 0 Å². The monoisotopic (exact) mass is 572 g/mol. The van der Waals surface area contributed by atoms with E-state index in [4.69, 9.17) is 23.7 Å². The topological polar surface area (TPSA) is 89.9 Å². The molecule has 0 unspecified atom stereocenters. The highest BCUT2D eigenvalue weighted by molar-refractivity contribution is 5.92. The Kier molecular flexibility index (Phi) is 8.60.